The standard InChI is InChI=1S/C22H18F3N3O2S/c1-30-15-8-9-16-14(11-15)7-10-17-19(16)27-28(21(17,29)22(23,24)25)20-26-18(12-31-20)13-5-3-2-4-6-13/h2-6,8-9,11-12,17,29H,7,10H2,1H3/t17-,21-/m1/s1. The lowest BCUT2D eigenvalue weighted by Gasteiger charge is -2.38. The minimum atomic E-state index is -4.93. The lowest BCUT2D eigenvalue weighted by atomic mass is 9.77. The zero-order valence-corrected chi connectivity index (χ0v) is 17.2. The van der Waals surface area contributed by atoms with Gasteiger partial charge < -0.3 is 9.84 Å². The van der Waals surface area contributed by atoms with Crippen molar-refractivity contribution < 1.29 is 23.0 Å². The predicted octanol–water partition coefficient (Wildman–Crippen LogP) is 4.86. The first-order valence-electron chi connectivity index (χ1n) is 9.69. The molecule has 160 valence electrons. The van der Waals surface area contributed by atoms with Crippen molar-refractivity contribution in [2.75, 3.05) is 12.1 Å². The molecule has 1 N–H and O–H groups in total. The number of methoxy groups -OCH3 is 1. The van der Waals surface area contributed by atoms with Gasteiger partial charge in [-0.05, 0) is 36.6 Å². The number of hydrazone groups is 1. The largest absolute Gasteiger partial charge is 0.497 e. The maximum atomic E-state index is 14.3. The molecule has 0 amide bonds. The molecule has 2 aromatic carbocycles. The minimum Gasteiger partial charge on any atom is -0.497 e. The molecule has 2 aliphatic rings. The molecule has 1 aliphatic carbocycles. The van der Waals surface area contributed by atoms with Crippen LogP contribution in [0.3, 0.4) is 0 Å². The molecule has 31 heavy (non-hydrogen) atoms. The fourth-order valence-corrected chi connectivity index (χ4v) is 5.07. The first-order valence-corrected chi connectivity index (χ1v) is 10.6. The summed E-state index contributed by atoms with van der Waals surface area (Å²) >= 11 is 1.02. The van der Waals surface area contributed by atoms with Gasteiger partial charge in [0.25, 0.3) is 5.72 Å². The van der Waals surface area contributed by atoms with Crippen LogP contribution in [-0.4, -0.2) is 34.8 Å². The summed E-state index contributed by atoms with van der Waals surface area (Å²) in [5.74, 6) is -0.580. The zero-order chi connectivity index (χ0) is 21.8. The highest BCUT2D eigenvalue weighted by molar-refractivity contribution is 7.14. The molecule has 9 heteroatoms. The molecule has 0 bridgehead atoms. The number of ether oxygens (including phenoxy) is 1. The van der Waals surface area contributed by atoms with Crippen LogP contribution in [0.1, 0.15) is 17.5 Å². The van der Waals surface area contributed by atoms with Gasteiger partial charge in [-0.3, -0.25) is 0 Å². The maximum Gasteiger partial charge on any atom is 0.439 e. The van der Waals surface area contributed by atoms with Gasteiger partial charge in [0.15, 0.2) is 0 Å². The highest BCUT2D eigenvalue weighted by Crippen LogP contribution is 2.51. The Morgan fingerprint density at radius 1 is 1.19 bits per heavy atom. The van der Waals surface area contributed by atoms with Crippen LogP contribution in [0.4, 0.5) is 18.3 Å². The van der Waals surface area contributed by atoms with Gasteiger partial charge in [0.1, 0.15) is 5.75 Å². The number of benzene rings is 2. The molecule has 5 rings (SSSR count). The van der Waals surface area contributed by atoms with E-state index in [1.807, 2.05) is 30.3 Å². The number of fused-ring (bicyclic) bond motifs is 3. The fraction of sp³-hybridized carbons (Fsp3) is 0.273. The van der Waals surface area contributed by atoms with Gasteiger partial charge in [-0.2, -0.15) is 23.3 Å². The molecule has 5 nitrogen and oxygen atoms in total. The van der Waals surface area contributed by atoms with Gasteiger partial charge in [-0.15, -0.1) is 11.3 Å². The molecule has 0 fully saturated rings. The smallest absolute Gasteiger partial charge is 0.439 e. The van der Waals surface area contributed by atoms with E-state index in [0.29, 0.717) is 28.4 Å². The van der Waals surface area contributed by atoms with Crippen molar-refractivity contribution in [2.45, 2.75) is 24.7 Å². The third-order valence-electron chi connectivity index (χ3n) is 5.80. The number of thiazole rings is 1. The Balaban J connectivity index is 1.62. The Hall–Kier alpha value is -2.91. The molecule has 0 saturated heterocycles. The summed E-state index contributed by atoms with van der Waals surface area (Å²) < 4.78 is 48.0. The van der Waals surface area contributed by atoms with E-state index in [-0.39, 0.29) is 17.3 Å². The van der Waals surface area contributed by atoms with Crippen LogP contribution in [0.2, 0.25) is 0 Å². The second kappa shape index (κ2) is 7.06. The zero-order valence-electron chi connectivity index (χ0n) is 16.4. The van der Waals surface area contributed by atoms with Gasteiger partial charge in [0.2, 0.25) is 5.13 Å². The average Bonchev–Trinajstić information content (AvgIpc) is 3.37. The molecule has 2 heterocycles. The molecule has 2 atom stereocenters. The SMILES string of the molecule is COc1ccc2c(c1)CC[C@@H]1C2=NN(c2nc(-c3ccccc3)cs2)[C@]1(O)C(F)(F)F. The van der Waals surface area contributed by atoms with Gasteiger partial charge in [0.05, 0.1) is 24.4 Å². The van der Waals surface area contributed by atoms with E-state index in [9.17, 15) is 18.3 Å². The van der Waals surface area contributed by atoms with Crippen LogP contribution in [0, 0.1) is 5.92 Å². The topological polar surface area (TPSA) is 58.0 Å². The van der Waals surface area contributed by atoms with Crippen LogP contribution < -0.4 is 9.75 Å². The van der Waals surface area contributed by atoms with Crippen molar-refractivity contribution in [1.82, 2.24) is 4.98 Å². The number of halogens is 3. The number of alkyl halides is 3. The minimum absolute atomic E-state index is 0.00404. The Labute approximate surface area is 180 Å². The van der Waals surface area contributed by atoms with Gasteiger partial charge in [-0.25, -0.2) is 4.98 Å². The van der Waals surface area contributed by atoms with Crippen molar-refractivity contribution in [3.63, 3.8) is 0 Å². The number of anilines is 1. The number of aryl methyl sites for hydroxylation is 1. The molecular weight excluding hydrogens is 427 g/mol. The summed E-state index contributed by atoms with van der Waals surface area (Å²) in [4.78, 5) is 4.37. The normalized spacial score (nSPS) is 22.7. The molecule has 0 unspecified atom stereocenters. The number of hydrogen-bond donors (Lipinski definition) is 1. The highest BCUT2D eigenvalue weighted by atomic mass is 32.1. The highest BCUT2D eigenvalue weighted by Gasteiger charge is 2.68. The molecule has 1 aliphatic heterocycles. The van der Waals surface area contributed by atoms with Crippen LogP contribution in [0.25, 0.3) is 11.3 Å². The molecule has 0 saturated carbocycles. The van der Waals surface area contributed by atoms with Gasteiger partial charge in [0, 0.05) is 16.5 Å². The molecule has 0 spiro atoms. The first-order chi connectivity index (χ1) is 14.8. The van der Waals surface area contributed by atoms with Crippen molar-refractivity contribution in [1.29, 1.82) is 0 Å². The molecule has 3 aromatic rings. The average molecular weight is 445 g/mol. The van der Waals surface area contributed by atoms with Crippen LogP contribution in [0.15, 0.2) is 59.0 Å². The van der Waals surface area contributed by atoms with E-state index in [1.54, 1.807) is 23.6 Å². The number of hydrogen-bond acceptors (Lipinski definition) is 6. The third-order valence-corrected chi connectivity index (χ3v) is 6.61. The Kier molecular flexibility index (Phi) is 4.56. The molecule has 0 radical (unpaired) electrons. The van der Waals surface area contributed by atoms with E-state index >= 15 is 0 Å². The van der Waals surface area contributed by atoms with Crippen molar-refractivity contribution >= 4 is 22.2 Å². The van der Waals surface area contributed by atoms with E-state index in [0.717, 1.165) is 22.5 Å². The second-order valence-corrected chi connectivity index (χ2v) is 8.35. The summed E-state index contributed by atoms with van der Waals surface area (Å²) in [7, 11) is 1.54. The van der Waals surface area contributed by atoms with Crippen molar-refractivity contribution in [3.05, 3.63) is 65.0 Å². The Morgan fingerprint density at radius 2 is 1.97 bits per heavy atom. The Morgan fingerprint density at radius 3 is 2.68 bits per heavy atom. The number of aliphatic hydroxyl groups is 1. The summed E-state index contributed by atoms with van der Waals surface area (Å²) in [6.07, 6.45) is -4.43. The number of nitrogens with zero attached hydrogens (tertiary/aromatic N) is 3. The van der Waals surface area contributed by atoms with Crippen LogP contribution >= 0.6 is 11.3 Å². The van der Waals surface area contributed by atoms with Crippen molar-refractivity contribution in [2.24, 2.45) is 11.0 Å². The summed E-state index contributed by atoms with van der Waals surface area (Å²) in [6.45, 7) is 0. The van der Waals surface area contributed by atoms with Gasteiger partial charge >= 0.3 is 6.18 Å². The monoisotopic (exact) mass is 445 g/mol. The van der Waals surface area contributed by atoms with Crippen molar-refractivity contribution in [3.8, 4) is 17.0 Å². The Bertz CT molecular complexity index is 1160. The third kappa shape index (κ3) is 3.02. The summed E-state index contributed by atoms with van der Waals surface area (Å²) in [5, 5.41) is 17.7. The fourth-order valence-electron chi connectivity index (χ4n) is 4.23. The second-order valence-electron chi connectivity index (χ2n) is 7.52. The summed E-state index contributed by atoms with van der Waals surface area (Å²) in [5.41, 5.74) is -0.175. The lowest BCUT2D eigenvalue weighted by molar-refractivity contribution is -0.268. The predicted molar refractivity (Wildman–Crippen MR) is 112 cm³/mol. The quantitative estimate of drug-likeness (QED) is 0.626. The number of rotatable bonds is 3. The van der Waals surface area contributed by atoms with Gasteiger partial charge in [-0.1, -0.05) is 30.3 Å². The molecular formula is C22H18F3N3O2S. The first kappa shape index (κ1) is 20.0. The van der Waals surface area contributed by atoms with E-state index in [2.05, 4.69) is 10.1 Å². The van der Waals surface area contributed by atoms with E-state index in [4.69, 9.17) is 4.74 Å². The van der Waals surface area contributed by atoms with E-state index < -0.39 is 17.8 Å². The lowest BCUT2D eigenvalue weighted by Crippen LogP contribution is -2.60. The van der Waals surface area contributed by atoms with Crippen LogP contribution in [-0.2, 0) is 6.42 Å². The van der Waals surface area contributed by atoms with E-state index in [1.165, 1.54) is 7.11 Å². The summed E-state index contributed by atoms with van der Waals surface area (Å²) in [6, 6.07) is 14.4. The number of aromatic nitrogens is 1. The molecule has 1 aromatic heterocycles. The maximum absolute atomic E-state index is 14.3. The van der Waals surface area contributed by atoms with Crippen LogP contribution in [0.5, 0.6) is 5.75 Å².